The van der Waals surface area contributed by atoms with E-state index < -0.39 is 0 Å². The van der Waals surface area contributed by atoms with Gasteiger partial charge in [0.25, 0.3) is 0 Å². The molecule has 2 heteroatoms. The number of hydrogen-bond donors (Lipinski definition) is 1. The van der Waals surface area contributed by atoms with Crippen LogP contribution in [0.15, 0.2) is 60.7 Å². The average Bonchev–Trinajstić information content (AvgIpc) is 2.54. The molecule has 116 valence electrons. The molecule has 0 radical (unpaired) electrons. The second-order valence-corrected chi connectivity index (χ2v) is 6.22. The lowest BCUT2D eigenvalue weighted by Crippen LogP contribution is -2.32. The van der Waals surface area contributed by atoms with Crippen LogP contribution in [0.3, 0.4) is 0 Å². The average molecular weight is 295 g/mol. The Labute approximate surface area is 133 Å². The molecule has 2 rings (SSSR count). The molecule has 0 saturated carbocycles. The van der Waals surface area contributed by atoms with Gasteiger partial charge in [-0.3, -0.25) is 4.79 Å². The van der Waals surface area contributed by atoms with Gasteiger partial charge in [0.1, 0.15) is 0 Å². The smallest absolute Gasteiger partial charge is 0.221 e. The minimum absolute atomic E-state index is 0.0664. The van der Waals surface area contributed by atoms with Crippen LogP contribution in [0.1, 0.15) is 50.3 Å². The Morgan fingerprint density at radius 1 is 0.864 bits per heavy atom. The van der Waals surface area contributed by atoms with Crippen molar-refractivity contribution in [3.63, 3.8) is 0 Å². The van der Waals surface area contributed by atoms with Crippen molar-refractivity contribution in [2.75, 3.05) is 0 Å². The van der Waals surface area contributed by atoms with Crippen LogP contribution < -0.4 is 5.32 Å². The Morgan fingerprint density at radius 2 is 1.36 bits per heavy atom. The molecule has 0 aromatic heterocycles. The van der Waals surface area contributed by atoms with E-state index in [2.05, 4.69) is 50.4 Å². The normalized spacial score (nSPS) is 13.6. The topological polar surface area (TPSA) is 29.1 Å². The molecule has 0 heterocycles. The van der Waals surface area contributed by atoms with Crippen molar-refractivity contribution in [3.8, 4) is 0 Å². The van der Waals surface area contributed by atoms with Crippen molar-refractivity contribution in [1.82, 2.24) is 5.32 Å². The maximum atomic E-state index is 12.4. The molecule has 2 aromatic rings. The highest BCUT2D eigenvalue weighted by atomic mass is 16.1. The summed E-state index contributed by atoms with van der Waals surface area (Å²) in [7, 11) is 0. The van der Waals surface area contributed by atoms with Gasteiger partial charge in [0, 0.05) is 6.42 Å². The first-order valence-corrected chi connectivity index (χ1v) is 7.97. The van der Waals surface area contributed by atoms with E-state index in [1.807, 2.05) is 36.4 Å². The highest BCUT2D eigenvalue weighted by Crippen LogP contribution is 2.23. The van der Waals surface area contributed by atoms with Gasteiger partial charge in [-0.2, -0.15) is 0 Å². The molecule has 2 unspecified atom stereocenters. The zero-order chi connectivity index (χ0) is 15.9. The number of carbonyl (C=O) groups is 1. The summed E-state index contributed by atoms with van der Waals surface area (Å²) in [6.07, 6.45) is 0.514. The van der Waals surface area contributed by atoms with Crippen LogP contribution in [0.25, 0.3) is 0 Å². The zero-order valence-corrected chi connectivity index (χ0v) is 13.6. The van der Waals surface area contributed by atoms with Crippen LogP contribution in [-0.4, -0.2) is 5.91 Å². The number of amides is 1. The third kappa shape index (κ3) is 4.45. The second kappa shape index (κ2) is 7.79. The largest absolute Gasteiger partial charge is 0.349 e. The first-order chi connectivity index (χ1) is 10.6. The third-order valence-electron chi connectivity index (χ3n) is 4.00. The van der Waals surface area contributed by atoms with Gasteiger partial charge in [0.05, 0.1) is 6.04 Å². The molecular weight excluding hydrogens is 270 g/mol. The quantitative estimate of drug-likeness (QED) is 0.822. The summed E-state index contributed by atoms with van der Waals surface area (Å²) in [6.45, 7) is 6.37. The SMILES string of the molecule is CC(CC(=O)NC(c1ccccc1)C(C)C)c1ccccc1. The van der Waals surface area contributed by atoms with Gasteiger partial charge in [0.15, 0.2) is 0 Å². The van der Waals surface area contributed by atoms with Gasteiger partial charge >= 0.3 is 0 Å². The van der Waals surface area contributed by atoms with E-state index in [-0.39, 0.29) is 17.9 Å². The van der Waals surface area contributed by atoms with E-state index in [0.717, 1.165) is 0 Å². The summed E-state index contributed by atoms with van der Waals surface area (Å²) < 4.78 is 0. The van der Waals surface area contributed by atoms with Gasteiger partial charge in [-0.25, -0.2) is 0 Å². The standard InChI is InChI=1S/C20H25NO/c1-15(2)20(18-12-8-5-9-13-18)21-19(22)14-16(3)17-10-6-4-7-11-17/h4-13,15-16,20H,14H2,1-3H3,(H,21,22). The van der Waals surface area contributed by atoms with E-state index in [0.29, 0.717) is 12.3 Å². The highest BCUT2D eigenvalue weighted by Gasteiger charge is 2.19. The predicted octanol–water partition coefficient (Wildman–Crippen LogP) is 4.69. The Morgan fingerprint density at radius 3 is 1.86 bits per heavy atom. The molecule has 0 aliphatic rings. The van der Waals surface area contributed by atoms with Crippen molar-refractivity contribution >= 4 is 5.91 Å². The van der Waals surface area contributed by atoms with Crippen molar-refractivity contribution in [2.45, 2.75) is 39.2 Å². The molecular formula is C20H25NO. The van der Waals surface area contributed by atoms with Gasteiger partial charge < -0.3 is 5.32 Å². The van der Waals surface area contributed by atoms with Gasteiger partial charge in [0.2, 0.25) is 5.91 Å². The Balaban J connectivity index is 2.00. The summed E-state index contributed by atoms with van der Waals surface area (Å²) in [6, 6.07) is 20.4. The van der Waals surface area contributed by atoms with E-state index in [9.17, 15) is 4.79 Å². The summed E-state index contributed by atoms with van der Waals surface area (Å²) in [5, 5.41) is 3.19. The molecule has 0 aliphatic heterocycles. The molecule has 22 heavy (non-hydrogen) atoms. The maximum Gasteiger partial charge on any atom is 0.221 e. The maximum absolute atomic E-state index is 12.4. The number of carbonyl (C=O) groups excluding carboxylic acids is 1. The van der Waals surface area contributed by atoms with Gasteiger partial charge in [-0.05, 0) is 23.0 Å². The van der Waals surface area contributed by atoms with E-state index >= 15 is 0 Å². The Kier molecular flexibility index (Phi) is 5.76. The fraction of sp³-hybridized carbons (Fsp3) is 0.350. The number of benzene rings is 2. The van der Waals surface area contributed by atoms with Crippen LogP contribution >= 0.6 is 0 Å². The molecule has 2 aromatic carbocycles. The van der Waals surface area contributed by atoms with Gasteiger partial charge in [-0.1, -0.05) is 81.4 Å². The van der Waals surface area contributed by atoms with Gasteiger partial charge in [-0.15, -0.1) is 0 Å². The Bertz CT molecular complexity index is 577. The zero-order valence-electron chi connectivity index (χ0n) is 13.6. The summed E-state index contributed by atoms with van der Waals surface area (Å²) in [5.41, 5.74) is 2.37. The number of hydrogen-bond acceptors (Lipinski definition) is 1. The fourth-order valence-corrected chi connectivity index (χ4v) is 2.71. The van der Waals surface area contributed by atoms with E-state index in [1.165, 1.54) is 11.1 Å². The molecule has 0 saturated heterocycles. The Hall–Kier alpha value is -2.09. The monoisotopic (exact) mass is 295 g/mol. The lowest BCUT2D eigenvalue weighted by molar-refractivity contribution is -0.122. The van der Waals surface area contributed by atoms with Crippen molar-refractivity contribution in [3.05, 3.63) is 71.8 Å². The summed E-state index contributed by atoms with van der Waals surface area (Å²) in [5.74, 6) is 0.696. The van der Waals surface area contributed by atoms with E-state index in [4.69, 9.17) is 0 Å². The minimum Gasteiger partial charge on any atom is -0.349 e. The fourth-order valence-electron chi connectivity index (χ4n) is 2.71. The molecule has 0 spiro atoms. The first-order valence-electron chi connectivity index (χ1n) is 7.97. The third-order valence-corrected chi connectivity index (χ3v) is 4.00. The summed E-state index contributed by atoms with van der Waals surface area (Å²) >= 11 is 0. The molecule has 2 atom stereocenters. The minimum atomic E-state index is 0.0664. The van der Waals surface area contributed by atoms with Crippen LogP contribution in [0.5, 0.6) is 0 Å². The molecule has 0 bridgehead atoms. The second-order valence-electron chi connectivity index (χ2n) is 6.22. The molecule has 1 N–H and O–H groups in total. The molecule has 0 fully saturated rings. The van der Waals surface area contributed by atoms with E-state index in [1.54, 1.807) is 0 Å². The number of rotatable bonds is 6. The predicted molar refractivity (Wildman–Crippen MR) is 91.6 cm³/mol. The van der Waals surface area contributed by atoms with Crippen LogP contribution in [0.4, 0.5) is 0 Å². The van der Waals surface area contributed by atoms with Crippen molar-refractivity contribution in [2.24, 2.45) is 5.92 Å². The molecule has 1 amide bonds. The summed E-state index contributed by atoms with van der Waals surface area (Å²) in [4.78, 5) is 12.4. The highest BCUT2D eigenvalue weighted by molar-refractivity contribution is 5.77. The molecule has 2 nitrogen and oxygen atoms in total. The van der Waals surface area contributed by atoms with Crippen LogP contribution in [0, 0.1) is 5.92 Å². The first kappa shape index (κ1) is 16.3. The van der Waals surface area contributed by atoms with Crippen molar-refractivity contribution in [1.29, 1.82) is 0 Å². The molecule has 0 aliphatic carbocycles. The van der Waals surface area contributed by atoms with Crippen LogP contribution in [0.2, 0.25) is 0 Å². The number of nitrogens with one attached hydrogen (secondary N) is 1. The lowest BCUT2D eigenvalue weighted by atomic mass is 9.94. The van der Waals surface area contributed by atoms with Crippen molar-refractivity contribution < 1.29 is 4.79 Å². The van der Waals surface area contributed by atoms with Crippen LogP contribution in [-0.2, 0) is 4.79 Å². The lowest BCUT2D eigenvalue weighted by Gasteiger charge is -2.24.